The molecule has 0 amide bonds. The number of likely N-dealkylation sites (tertiary alicyclic amines) is 1. The van der Waals surface area contributed by atoms with E-state index in [1.807, 2.05) is 4.90 Å². The maximum absolute atomic E-state index is 12.6. The van der Waals surface area contributed by atoms with Crippen molar-refractivity contribution in [2.45, 2.75) is 50.3 Å². The highest BCUT2D eigenvalue weighted by Crippen LogP contribution is 2.32. The summed E-state index contributed by atoms with van der Waals surface area (Å²) in [5, 5.41) is 27.4. The van der Waals surface area contributed by atoms with Crippen molar-refractivity contribution < 1.29 is 33.1 Å². The van der Waals surface area contributed by atoms with E-state index in [1.165, 1.54) is 12.1 Å². The van der Waals surface area contributed by atoms with E-state index in [2.05, 4.69) is 0 Å². The van der Waals surface area contributed by atoms with Crippen LogP contribution in [0.3, 0.4) is 0 Å². The second kappa shape index (κ2) is 12.1. The van der Waals surface area contributed by atoms with Gasteiger partial charge in [0, 0.05) is 19.0 Å². The van der Waals surface area contributed by atoms with Crippen LogP contribution in [0.15, 0.2) is 24.3 Å². The maximum atomic E-state index is 12.6. The van der Waals surface area contributed by atoms with Crippen LogP contribution in [0.5, 0.6) is 0 Å². The van der Waals surface area contributed by atoms with E-state index >= 15 is 0 Å². The van der Waals surface area contributed by atoms with Crippen molar-refractivity contribution in [3.05, 3.63) is 35.4 Å². The number of hydrogen-bond acceptors (Lipinski definition) is 5. The Balaban J connectivity index is 0.00000420. The molecular formula is C18H28BCl2F3N2O4. The lowest BCUT2D eigenvalue weighted by Gasteiger charge is -2.31. The van der Waals surface area contributed by atoms with Crippen molar-refractivity contribution in [2.24, 2.45) is 11.7 Å². The van der Waals surface area contributed by atoms with Crippen molar-refractivity contribution in [3.8, 4) is 0 Å². The molecule has 2 atom stereocenters. The average molecular weight is 475 g/mol. The van der Waals surface area contributed by atoms with Crippen molar-refractivity contribution in [1.82, 2.24) is 4.90 Å². The van der Waals surface area contributed by atoms with E-state index in [-0.39, 0.29) is 43.5 Å². The van der Waals surface area contributed by atoms with Gasteiger partial charge in [0.25, 0.3) is 0 Å². The molecule has 172 valence electrons. The fourth-order valence-electron chi connectivity index (χ4n) is 3.68. The molecule has 1 unspecified atom stereocenters. The number of carboxylic acid groups (broad SMARTS) is 1. The molecule has 6 nitrogen and oxygen atoms in total. The quantitative estimate of drug-likeness (QED) is 0.324. The van der Waals surface area contributed by atoms with Crippen LogP contribution in [0.2, 0.25) is 6.32 Å². The number of benzene rings is 1. The first-order valence-corrected chi connectivity index (χ1v) is 9.29. The van der Waals surface area contributed by atoms with Gasteiger partial charge in [-0.2, -0.15) is 13.2 Å². The minimum atomic E-state index is -4.37. The average Bonchev–Trinajstić information content (AvgIpc) is 3.07. The number of carboxylic acids is 1. The molecule has 2 rings (SSSR count). The number of nitrogens with two attached hydrogens (primary N) is 1. The van der Waals surface area contributed by atoms with Crippen LogP contribution in [0.4, 0.5) is 13.2 Å². The predicted molar refractivity (Wildman–Crippen MR) is 113 cm³/mol. The van der Waals surface area contributed by atoms with Crippen LogP contribution < -0.4 is 5.73 Å². The van der Waals surface area contributed by atoms with Gasteiger partial charge in [-0.1, -0.05) is 25.0 Å². The molecule has 0 aromatic heterocycles. The highest BCUT2D eigenvalue weighted by Gasteiger charge is 2.44. The topological polar surface area (TPSA) is 107 Å². The predicted octanol–water partition coefficient (Wildman–Crippen LogP) is 2.80. The van der Waals surface area contributed by atoms with Crippen LogP contribution >= 0.6 is 24.8 Å². The van der Waals surface area contributed by atoms with Gasteiger partial charge < -0.3 is 20.9 Å². The second-order valence-corrected chi connectivity index (χ2v) is 7.49. The monoisotopic (exact) mass is 474 g/mol. The number of hydrogen-bond donors (Lipinski definition) is 4. The molecule has 1 fully saturated rings. The number of nitrogens with zero attached hydrogens (tertiary/aromatic N) is 1. The van der Waals surface area contributed by atoms with Crippen molar-refractivity contribution in [3.63, 3.8) is 0 Å². The number of aliphatic carboxylic acids is 1. The van der Waals surface area contributed by atoms with E-state index in [1.54, 1.807) is 0 Å². The Morgan fingerprint density at radius 1 is 1.17 bits per heavy atom. The number of unbranched alkanes of at least 4 members (excludes halogenated alkanes) is 1. The van der Waals surface area contributed by atoms with Gasteiger partial charge in [0.1, 0.15) is 5.54 Å². The first kappa shape index (κ1) is 29.0. The zero-order chi connectivity index (χ0) is 20.9. The Labute approximate surface area is 186 Å². The summed E-state index contributed by atoms with van der Waals surface area (Å²) in [5.74, 6) is -1.36. The normalized spacial score (nSPS) is 18.8. The smallest absolute Gasteiger partial charge is 0.451 e. The minimum absolute atomic E-state index is 0. The lowest BCUT2D eigenvalue weighted by molar-refractivity contribution is -0.146. The summed E-state index contributed by atoms with van der Waals surface area (Å²) in [6, 6.07) is 4.96. The molecule has 12 heteroatoms. The molecule has 1 aromatic carbocycles. The standard InChI is InChI=1S/C18H26BF3N2O4.2ClH/c20-18(21,22)14-5-3-13(4-6-14)11-24-10-7-15(12-24)17(23,16(25)26)8-1-2-9-19(27)28;;/h3-6,15,27-28H,1-2,7-12,23H2,(H,25,26);2*1H/t15-,17?;;/m1../s1. The summed E-state index contributed by atoms with van der Waals surface area (Å²) in [5.41, 5.74) is 4.83. The molecule has 1 heterocycles. The van der Waals surface area contributed by atoms with E-state index in [0.717, 1.165) is 17.7 Å². The van der Waals surface area contributed by atoms with Crippen LogP contribution in [0, 0.1) is 5.92 Å². The molecule has 1 saturated heterocycles. The van der Waals surface area contributed by atoms with Gasteiger partial charge in [0.15, 0.2) is 0 Å². The zero-order valence-electron chi connectivity index (χ0n) is 16.3. The highest BCUT2D eigenvalue weighted by molar-refractivity contribution is 6.40. The van der Waals surface area contributed by atoms with E-state index in [4.69, 9.17) is 15.8 Å². The number of halogens is 5. The van der Waals surface area contributed by atoms with Gasteiger partial charge in [-0.15, -0.1) is 24.8 Å². The molecule has 1 aliphatic rings. The van der Waals surface area contributed by atoms with E-state index in [0.29, 0.717) is 38.9 Å². The Bertz CT molecular complexity index is 668. The third-order valence-electron chi connectivity index (χ3n) is 5.39. The minimum Gasteiger partial charge on any atom is -0.480 e. The Morgan fingerprint density at radius 2 is 1.77 bits per heavy atom. The van der Waals surface area contributed by atoms with Gasteiger partial charge in [-0.25, -0.2) is 0 Å². The summed E-state index contributed by atoms with van der Waals surface area (Å²) in [7, 11) is -1.41. The van der Waals surface area contributed by atoms with Crippen LogP contribution in [-0.2, 0) is 17.5 Å². The van der Waals surface area contributed by atoms with Crippen molar-refractivity contribution in [1.29, 1.82) is 0 Å². The fraction of sp³-hybridized carbons (Fsp3) is 0.611. The van der Waals surface area contributed by atoms with Crippen molar-refractivity contribution >= 4 is 37.9 Å². The molecule has 0 saturated carbocycles. The molecule has 0 spiro atoms. The summed E-state index contributed by atoms with van der Waals surface area (Å²) < 4.78 is 37.9. The Hall–Kier alpha value is -1.04. The zero-order valence-corrected chi connectivity index (χ0v) is 18.0. The van der Waals surface area contributed by atoms with Gasteiger partial charge in [0.05, 0.1) is 5.56 Å². The molecule has 0 radical (unpaired) electrons. The van der Waals surface area contributed by atoms with E-state index in [9.17, 15) is 23.1 Å². The van der Waals surface area contributed by atoms with Crippen LogP contribution in [0.25, 0.3) is 0 Å². The summed E-state index contributed by atoms with van der Waals surface area (Å²) in [4.78, 5) is 13.8. The number of carbonyl (C=O) groups is 1. The third-order valence-corrected chi connectivity index (χ3v) is 5.39. The second-order valence-electron chi connectivity index (χ2n) is 7.49. The molecular weight excluding hydrogens is 447 g/mol. The van der Waals surface area contributed by atoms with Gasteiger partial charge in [0.2, 0.25) is 0 Å². The first-order chi connectivity index (χ1) is 13.0. The van der Waals surface area contributed by atoms with Gasteiger partial charge >= 0.3 is 19.3 Å². The van der Waals surface area contributed by atoms with Crippen molar-refractivity contribution in [2.75, 3.05) is 13.1 Å². The number of rotatable bonds is 9. The first-order valence-electron chi connectivity index (χ1n) is 9.29. The lowest BCUT2D eigenvalue weighted by Crippen LogP contribution is -2.55. The SMILES string of the molecule is Cl.Cl.NC(CCCCB(O)O)(C(=O)O)[C@@H]1CCN(Cc2ccc(C(F)(F)F)cc2)C1. The lowest BCUT2D eigenvalue weighted by atomic mass is 9.77. The number of alkyl halides is 3. The Morgan fingerprint density at radius 3 is 2.27 bits per heavy atom. The Kier molecular flexibility index (Phi) is 11.7. The molecule has 1 aliphatic heterocycles. The highest BCUT2D eigenvalue weighted by atomic mass is 35.5. The summed E-state index contributed by atoms with van der Waals surface area (Å²) in [6.45, 7) is 1.50. The largest absolute Gasteiger partial charge is 0.480 e. The summed E-state index contributed by atoms with van der Waals surface area (Å²) in [6.07, 6.45) is -2.45. The van der Waals surface area contributed by atoms with E-state index < -0.39 is 30.4 Å². The fourth-order valence-corrected chi connectivity index (χ4v) is 3.68. The van der Waals surface area contributed by atoms with Gasteiger partial charge in [-0.05, 0) is 43.4 Å². The van der Waals surface area contributed by atoms with Crippen LogP contribution in [0.1, 0.15) is 36.8 Å². The molecule has 0 bridgehead atoms. The molecule has 0 aliphatic carbocycles. The third kappa shape index (κ3) is 7.90. The van der Waals surface area contributed by atoms with Crippen LogP contribution in [-0.4, -0.2) is 51.8 Å². The van der Waals surface area contributed by atoms with Gasteiger partial charge in [-0.3, -0.25) is 9.69 Å². The molecule has 5 N–H and O–H groups in total. The summed E-state index contributed by atoms with van der Waals surface area (Å²) >= 11 is 0. The molecule has 1 aromatic rings. The molecule has 30 heavy (non-hydrogen) atoms. The maximum Gasteiger partial charge on any atom is 0.451 e.